The molecule has 238 valence electrons. The molecule has 14 heteroatoms. The third kappa shape index (κ3) is 6.76. The van der Waals surface area contributed by atoms with Crippen LogP contribution in [0.5, 0.6) is 5.75 Å². The van der Waals surface area contributed by atoms with E-state index in [1.165, 1.54) is 29.0 Å². The van der Waals surface area contributed by atoms with E-state index >= 15 is 0 Å². The van der Waals surface area contributed by atoms with Crippen LogP contribution in [0.15, 0.2) is 89.9 Å². The minimum atomic E-state index is -1.15. The molecule has 11 nitrogen and oxygen atoms in total. The van der Waals surface area contributed by atoms with E-state index in [0.29, 0.717) is 28.8 Å². The molecule has 46 heavy (non-hydrogen) atoms. The smallest absolute Gasteiger partial charge is 0.217 e. The summed E-state index contributed by atoms with van der Waals surface area (Å²) in [5.41, 5.74) is 5.77. The number of nitrogens with zero attached hydrogens (tertiary/aromatic N) is 8. The zero-order valence-electron chi connectivity index (χ0n) is 25.1. The molecule has 0 radical (unpaired) electrons. The number of hydrogen-bond donors (Lipinski definition) is 0. The quantitative estimate of drug-likeness (QED) is 0.208. The molecule has 0 spiro atoms. The lowest BCUT2D eigenvalue weighted by atomic mass is 10.1. The molecule has 0 unspecified atom stereocenters. The number of aryl methyl sites for hydroxylation is 1. The molecular weight excluding hydrogens is 647 g/mol. The number of benzene rings is 3. The number of piperazine rings is 1. The van der Waals surface area contributed by atoms with E-state index in [2.05, 4.69) is 66.4 Å². The molecule has 0 aliphatic carbocycles. The van der Waals surface area contributed by atoms with E-state index in [1.54, 1.807) is 33.3 Å². The van der Waals surface area contributed by atoms with Gasteiger partial charge in [0.2, 0.25) is 10.6 Å². The van der Waals surface area contributed by atoms with Gasteiger partial charge in [-0.1, -0.05) is 40.6 Å². The fourth-order valence-electron chi connectivity index (χ4n) is 5.66. The average molecular weight is 680 g/mol. The standard InChI is InChI=1S/C32H32Cl2N8O3S/c1-39-31(46-22-37-39)38-24-3-5-25(6-4-24)40-12-14-41(15-13-40)26-7-9-27(10-8-26)43-17-28-18-44-32(45-28,19-42-21-35-20-36-42)29-11-2-23(33)16-30(29)34/h2-11,16,20-22,28H,12-15,17-19H2,1H3/t28-,32-/m1/s1. The van der Waals surface area contributed by atoms with Crippen LogP contribution in [0.3, 0.4) is 0 Å². The molecule has 7 rings (SSSR count). The Morgan fingerprint density at radius 3 is 2.30 bits per heavy atom. The van der Waals surface area contributed by atoms with Crippen LogP contribution < -0.4 is 19.3 Å². The Kier molecular flexibility index (Phi) is 8.96. The molecule has 3 aromatic carbocycles. The van der Waals surface area contributed by atoms with E-state index in [4.69, 9.17) is 37.4 Å². The van der Waals surface area contributed by atoms with Crippen molar-refractivity contribution in [3.05, 3.63) is 105 Å². The normalized spacial score (nSPS) is 20.4. The van der Waals surface area contributed by atoms with Gasteiger partial charge in [-0.05, 0) is 60.7 Å². The van der Waals surface area contributed by atoms with Gasteiger partial charge in [0.15, 0.2) is 0 Å². The van der Waals surface area contributed by atoms with E-state index in [0.717, 1.165) is 42.4 Å². The lowest BCUT2D eigenvalue weighted by molar-refractivity contribution is -0.190. The van der Waals surface area contributed by atoms with E-state index in [1.807, 2.05) is 25.2 Å². The molecule has 5 aromatic rings. The van der Waals surface area contributed by atoms with Crippen molar-refractivity contribution in [1.29, 1.82) is 0 Å². The summed E-state index contributed by atoms with van der Waals surface area (Å²) in [4.78, 5) is 14.4. The molecule has 0 saturated carbocycles. The SMILES string of the molecule is Cn1ncsc1=Nc1ccc(N2CCN(c3ccc(OC[C@@H]4CO[C@@](Cn5cncn5)(c5ccc(Cl)cc5Cl)O4)cc3)CC2)cc1. The molecule has 2 aliphatic rings. The fourth-order valence-corrected chi connectivity index (χ4v) is 6.85. The van der Waals surface area contributed by atoms with Crippen LogP contribution in [0.25, 0.3) is 0 Å². The maximum Gasteiger partial charge on any atom is 0.217 e. The largest absolute Gasteiger partial charge is 0.491 e. The van der Waals surface area contributed by atoms with Crippen molar-refractivity contribution in [3.8, 4) is 5.75 Å². The Bertz CT molecular complexity index is 1820. The van der Waals surface area contributed by atoms with Crippen LogP contribution >= 0.6 is 34.5 Å². The number of anilines is 2. The Morgan fingerprint density at radius 2 is 1.67 bits per heavy atom. The van der Waals surface area contributed by atoms with Gasteiger partial charge < -0.3 is 24.0 Å². The van der Waals surface area contributed by atoms with Gasteiger partial charge in [0.1, 0.15) is 43.2 Å². The summed E-state index contributed by atoms with van der Waals surface area (Å²) < 4.78 is 22.3. The first-order valence-electron chi connectivity index (χ1n) is 14.9. The molecule has 2 aromatic heterocycles. The summed E-state index contributed by atoms with van der Waals surface area (Å²) in [6.07, 6.45) is 2.77. The minimum Gasteiger partial charge on any atom is -0.491 e. The predicted octanol–water partition coefficient (Wildman–Crippen LogP) is 5.29. The third-order valence-electron chi connectivity index (χ3n) is 8.05. The van der Waals surface area contributed by atoms with Gasteiger partial charge in [0.25, 0.3) is 0 Å². The second-order valence-electron chi connectivity index (χ2n) is 11.1. The highest BCUT2D eigenvalue weighted by atomic mass is 35.5. The van der Waals surface area contributed by atoms with Gasteiger partial charge in [-0.3, -0.25) is 0 Å². The van der Waals surface area contributed by atoms with Crippen LogP contribution in [-0.2, 0) is 28.9 Å². The van der Waals surface area contributed by atoms with Crippen molar-refractivity contribution in [2.45, 2.75) is 18.4 Å². The highest BCUT2D eigenvalue weighted by molar-refractivity contribution is 7.06. The zero-order valence-corrected chi connectivity index (χ0v) is 27.4. The van der Waals surface area contributed by atoms with Gasteiger partial charge in [0, 0.05) is 55.2 Å². The monoisotopic (exact) mass is 678 g/mol. The molecule has 2 fully saturated rings. The van der Waals surface area contributed by atoms with E-state index in [9.17, 15) is 0 Å². The van der Waals surface area contributed by atoms with E-state index in [-0.39, 0.29) is 12.6 Å². The van der Waals surface area contributed by atoms with Crippen molar-refractivity contribution in [2.75, 3.05) is 49.2 Å². The first-order valence-corrected chi connectivity index (χ1v) is 16.5. The summed E-state index contributed by atoms with van der Waals surface area (Å²) in [6, 6.07) is 21.9. The molecule has 0 N–H and O–H groups in total. The van der Waals surface area contributed by atoms with Crippen molar-refractivity contribution in [1.82, 2.24) is 24.5 Å². The molecule has 0 bridgehead atoms. The Hall–Kier alpha value is -3.94. The lowest BCUT2D eigenvalue weighted by Crippen LogP contribution is -2.46. The maximum atomic E-state index is 6.58. The Balaban J connectivity index is 0.930. The summed E-state index contributed by atoms with van der Waals surface area (Å²) in [5.74, 6) is -0.380. The molecule has 2 aliphatic heterocycles. The Morgan fingerprint density at radius 1 is 0.957 bits per heavy atom. The number of hydrogen-bond acceptors (Lipinski definition) is 10. The summed E-state index contributed by atoms with van der Waals surface area (Å²) in [5, 5.41) is 9.42. The average Bonchev–Trinajstić information content (AvgIpc) is 3.84. The predicted molar refractivity (Wildman–Crippen MR) is 178 cm³/mol. The third-order valence-corrected chi connectivity index (χ3v) is 9.36. The van der Waals surface area contributed by atoms with Gasteiger partial charge in [-0.15, -0.1) is 0 Å². The summed E-state index contributed by atoms with van der Waals surface area (Å²) in [7, 11) is 1.90. The second kappa shape index (κ2) is 13.4. The number of aromatic nitrogens is 5. The number of halogens is 2. The molecule has 2 saturated heterocycles. The van der Waals surface area contributed by atoms with Crippen LogP contribution in [0.4, 0.5) is 17.1 Å². The molecule has 0 amide bonds. The van der Waals surface area contributed by atoms with Gasteiger partial charge >= 0.3 is 0 Å². The van der Waals surface area contributed by atoms with Crippen molar-refractivity contribution in [2.24, 2.45) is 12.0 Å². The Labute approximate surface area is 280 Å². The topological polar surface area (TPSA) is 95.1 Å². The highest BCUT2D eigenvalue weighted by Crippen LogP contribution is 2.40. The number of ether oxygens (including phenoxy) is 3. The fraction of sp³-hybridized carbons (Fsp3) is 0.312. The van der Waals surface area contributed by atoms with Crippen LogP contribution in [0.2, 0.25) is 10.0 Å². The van der Waals surface area contributed by atoms with Crippen LogP contribution in [0, 0.1) is 0 Å². The summed E-state index contributed by atoms with van der Waals surface area (Å²) in [6.45, 7) is 4.65. The van der Waals surface area contributed by atoms with Crippen LogP contribution in [0.1, 0.15) is 5.56 Å². The molecular formula is C32H32Cl2N8O3S. The summed E-state index contributed by atoms with van der Waals surface area (Å²) >= 11 is 14.3. The van der Waals surface area contributed by atoms with Crippen molar-refractivity contribution < 1.29 is 14.2 Å². The van der Waals surface area contributed by atoms with Crippen molar-refractivity contribution in [3.63, 3.8) is 0 Å². The van der Waals surface area contributed by atoms with Crippen LogP contribution in [-0.4, -0.2) is 70.0 Å². The first kappa shape index (κ1) is 30.7. The maximum absolute atomic E-state index is 6.58. The van der Waals surface area contributed by atoms with Gasteiger partial charge in [-0.2, -0.15) is 10.2 Å². The van der Waals surface area contributed by atoms with Gasteiger partial charge in [0.05, 0.1) is 17.3 Å². The minimum absolute atomic E-state index is 0.278. The molecule has 4 heterocycles. The lowest BCUT2D eigenvalue weighted by Gasteiger charge is -2.37. The zero-order chi connectivity index (χ0) is 31.5. The van der Waals surface area contributed by atoms with E-state index < -0.39 is 5.79 Å². The highest BCUT2D eigenvalue weighted by Gasteiger charge is 2.45. The molecule has 2 atom stereocenters. The van der Waals surface area contributed by atoms with Crippen molar-refractivity contribution >= 4 is 51.6 Å². The first-order chi connectivity index (χ1) is 22.4. The van der Waals surface area contributed by atoms with Gasteiger partial charge in [-0.25, -0.2) is 19.3 Å². The second-order valence-corrected chi connectivity index (χ2v) is 12.7. The number of rotatable bonds is 9.